The zero-order valence-electron chi connectivity index (χ0n) is 28.6. The SMILES string of the molecule is CCN(C(=O)c1cc(F)ccc1Oc1cncnc1N1CCC(Oc2ccnc3c2CN(CC[C@H]2CN(C)CCO2)CC3)CC1)C(C)C. The van der Waals surface area contributed by atoms with E-state index in [9.17, 15) is 9.18 Å². The van der Waals surface area contributed by atoms with Crippen LogP contribution < -0.4 is 14.4 Å². The number of likely N-dealkylation sites (N-methyl/N-ethyl adjacent to an activating group) is 1. The zero-order valence-corrected chi connectivity index (χ0v) is 28.6. The van der Waals surface area contributed by atoms with Crippen LogP contribution in [-0.2, 0) is 17.7 Å². The highest BCUT2D eigenvalue weighted by atomic mass is 19.1. The zero-order chi connectivity index (χ0) is 33.6. The topological polar surface area (TPSA) is 96.4 Å². The van der Waals surface area contributed by atoms with Gasteiger partial charge in [0.15, 0.2) is 11.6 Å². The molecule has 0 N–H and O–H groups in total. The van der Waals surface area contributed by atoms with Crippen molar-refractivity contribution in [2.75, 3.05) is 64.4 Å². The van der Waals surface area contributed by atoms with Gasteiger partial charge in [0.1, 0.15) is 29.7 Å². The van der Waals surface area contributed by atoms with E-state index < -0.39 is 5.82 Å². The lowest BCUT2D eigenvalue weighted by atomic mass is 10.0. The molecule has 6 rings (SSSR count). The van der Waals surface area contributed by atoms with E-state index in [1.54, 1.807) is 11.1 Å². The normalized spacial score (nSPS) is 19.3. The van der Waals surface area contributed by atoms with E-state index in [4.69, 9.17) is 14.2 Å². The lowest BCUT2D eigenvalue weighted by Gasteiger charge is -2.35. The molecule has 3 aliphatic rings. The predicted molar refractivity (Wildman–Crippen MR) is 181 cm³/mol. The first kappa shape index (κ1) is 34.0. The van der Waals surface area contributed by atoms with Gasteiger partial charge in [0.05, 0.1) is 24.5 Å². The molecule has 2 saturated heterocycles. The van der Waals surface area contributed by atoms with Gasteiger partial charge in [0.2, 0.25) is 0 Å². The number of rotatable bonds is 11. The Balaban J connectivity index is 1.09. The van der Waals surface area contributed by atoms with Crippen molar-refractivity contribution in [3.05, 3.63) is 65.6 Å². The van der Waals surface area contributed by atoms with Crippen LogP contribution in [0.25, 0.3) is 0 Å². The second kappa shape index (κ2) is 15.6. The van der Waals surface area contributed by atoms with Crippen LogP contribution in [0.1, 0.15) is 61.6 Å². The van der Waals surface area contributed by atoms with E-state index in [0.29, 0.717) is 31.2 Å². The molecule has 0 aliphatic carbocycles. The molecule has 0 unspecified atom stereocenters. The number of anilines is 1. The number of pyridine rings is 1. The summed E-state index contributed by atoms with van der Waals surface area (Å²) in [5, 5.41) is 0. The molecule has 11 nitrogen and oxygen atoms in total. The maximum absolute atomic E-state index is 14.3. The van der Waals surface area contributed by atoms with Gasteiger partial charge >= 0.3 is 0 Å². The first-order valence-corrected chi connectivity index (χ1v) is 17.3. The molecule has 0 spiro atoms. The Kier molecular flexibility index (Phi) is 11.0. The number of fused-ring (bicyclic) bond motifs is 1. The fourth-order valence-corrected chi connectivity index (χ4v) is 6.90. The summed E-state index contributed by atoms with van der Waals surface area (Å²) >= 11 is 0. The average molecular weight is 662 g/mol. The lowest BCUT2D eigenvalue weighted by molar-refractivity contribution is -0.0277. The maximum Gasteiger partial charge on any atom is 0.257 e. The molecule has 3 aromatic rings. The van der Waals surface area contributed by atoms with Crippen LogP contribution in [0.2, 0.25) is 0 Å². The van der Waals surface area contributed by atoms with E-state index in [-0.39, 0.29) is 35.5 Å². The van der Waals surface area contributed by atoms with Crippen LogP contribution in [-0.4, -0.2) is 113 Å². The number of hydrogen-bond donors (Lipinski definition) is 0. The molecule has 12 heteroatoms. The number of benzene rings is 1. The molecule has 48 heavy (non-hydrogen) atoms. The highest BCUT2D eigenvalue weighted by Gasteiger charge is 2.29. The number of carbonyl (C=O) groups is 1. The second-order valence-electron chi connectivity index (χ2n) is 13.2. The average Bonchev–Trinajstić information content (AvgIpc) is 3.09. The molecule has 3 aliphatic heterocycles. The van der Waals surface area contributed by atoms with E-state index in [1.807, 2.05) is 33.0 Å². The minimum atomic E-state index is -0.498. The fraction of sp³-hybridized carbons (Fsp3) is 0.556. The number of amides is 1. The number of aromatic nitrogens is 3. The molecule has 1 atom stereocenters. The van der Waals surface area contributed by atoms with Gasteiger partial charge in [-0.25, -0.2) is 14.4 Å². The number of halogens is 1. The van der Waals surface area contributed by atoms with Crippen LogP contribution >= 0.6 is 0 Å². The summed E-state index contributed by atoms with van der Waals surface area (Å²) in [7, 11) is 2.16. The summed E-state index contributed by atoms with van der Waals surface area (Å²) in [5.41, 5.74) is 2.50. The Morgan fingerprint density at radius 2 is 1.94 bits per heavy atom. The summed E-state index contributed by atoms with van der Waals surface area (Å²) in [6, 6.07) is 5.98. The highest BCUT2D eigenvalue weighted by Crippen LogP contribution is 2.35. The van der Waals surface area contributed by atoms with Crippen LogP contribution in [0, 0.1) is 5.82 Å². The Morgan fingerprint density at radius 1 is 1.10 bits per heavy atom. The minimum absolute atomic E-state index is 0.0433. The summed E-state index contributed by atoms with van der Waals surface area (Å²) in [4.78, 5) is 35.5. The summed E-state index contributed by atoms with van der Waals surface area (Å²) < 4.78 is 33.2. The Labute approximate surface area is 283 Å². The van der Waals surface area contributed by atoms with E-state index in [0.717, 1.165) is 76.5 Å². The van der Waals surface area contributed by atoms with Crippen LogP contribution in [0.15, 0.2) is 43.0 Å². The number of morpholine rings is 1. The molecular weight excluding hydrogens is 613 g/mol. The third-order valence-electron chi connectivity index (χ3n) is 9.57. The number of ether oxygens (including phenoxy) is 3. The van der Waals surface area contributed by atoms with Crippen molar-refractivity contribution < 1.29 is 23.4 Å². The molecule has 258 valence electrons. The number of hydrogen-bond acceptors (Lipinski definition) is 10. The Hall–Kier alpha value is -3.87. The molecule has 1 amide bonds. The molecular formula is C36H48FN7O4. The van der Waals surface area contributed by atoms with Gasteiger partial charge < -0.3 is 28.9 Å². The first-order chi connectivity index (χ1) is 23.3. The molecule has 2 fully saturated rings. The number of carbonyl (C=O) groups excluding carboxylic acids is 1. The molecule has 0 radical (unpaired) electrons. The van der Waals surface area contributed by atoms with E-state index in [1.165, 1.54) is 30.1 Å². The van der Waals surface area contributed by atoms with Crippen molar-refractivity contribution in [3.8, 4) is 17.2 Å². The molecule has 2 aromatic heterocycles. The van der Waals surface area contributed by atoms with Crippen LogP contribution in [0.4, 0.5) is 10.2 Å². The van der Waals surface area contributed by atoms with Crippen LogP contribution in [0.3, 0.4) is 0 Å². The summed E-state index contributed by atoms with van der Waals surface area (Å²) in [6.07, 6.45) is 8.84. The Morgan fingerprint density at radius 3 is 2.71 bits per heavy atom. The molecule has 0 saturated carbocycles. The van der Waals surface area contributed by atoms with Crippen molar-refractivity contribution in [1.29, 1.82) is 0 Å². The van der Waals surface area contributed by atoms with Crippen LogP contribution in [0.5, 0.6) is 17.2 Å². The van der Waals surface area contributed by atoms with Crippen molar-refractivity contribution in [2.45, 2.75) is 71.2 Å². The Bertz CT molecular complexity index is 1550. The first-order valence-electron chi connectivity index (χ1n) is 17.3. The fourth-order valence-electron chi connectivity index (χ4n) is 6.90. The van der Waals surface area contributed by atoms with Gasteiger partial charge in [-0.3, -0.25) is 14.7 Å². The molecule has 1 aromatic carbocycles. The monoisotopic (exact) mass is 661 g/mol. The largest absolute Gasteiger partial charge is 0.490 e. The summed E-state index contributed by atoms with van der Waals surface area (Å²) in [5.74, 6) is 1.46. The van der Waals surface area contributed by atoms with E-state index >= 15 is 0 Å². The summed E-state index contributed by atoms with van der Waals surface area (Å²) in [6.45, 7) is 13.3. The second-order valence-corrected chi connectivity index (χ2v) is 13.2. The van der Waals surface area contributed by atoms with E-state index in [2.05, 4.69) is 36.7 Å². The van der Waals surface area contributed by atoms with Gasteiger partial charge in [0, 0.05) is 95.1 Å². The minimum Gasteiger partial charge on any atom is -0.490 e. The van der Waals surface area contributed by atoms with Gasteiger partial charge in [-0.2, -0.15) is 0 Å². The number of nitrogens with zero attached hydrogens (tertiary/aromatic N) is 7. The number of piperidine rings is 1. The highest BCUT2D eigenvalue weighted by molar-refractivity contribution is 5.97. The van der Waals surface area contributed by atoms with Crippen molar-refractivity contribution >= 4 is 11.7 Å². The lowest BCUT2D eigenvalue weighted by Crippen LogP contribution is -2.42. The maximum atomic E-state index is 14.3. The van der Waals surface area contributed by atoms with Gasteiger partial charge in [0.25, 0.3) is 5.91 Å². The van der Waals surface area contributed by atoms with Crippen molar-refractivity contribution in [1.82, 2.24) is 29.7 Å². The third-order valence-corrected chi connectivity index (χ3v) is 9.57. The quantitative estimate of drug-likeness (QED) is 0.285. The third kappa shape index (κ3) is 8.04. The predicted octanol–water partition coefficient (Wildman–Crippen LogP) is 4.80. The van der Waals surface area contributed by atoms with Crippen molar-refractivity contribution in [3.63, 3.8) is 0 Å². The molecule has 5 heterocycles. The smallest absolute Gasteiger partial charge is 0.257 e. The standard InChI is InChI=1S/C36H48FN7O4/c1-5-44(25(2)3)36(45)29-20-26(37)6-7-32(29)48-34-21-38-24-40-35(34)43-16-10-27(11-17-43)47-33-8-13-39-31-12-15-42(23-30(31)33)14-9-28-22-41(4)18-19-46-28/h6-8,13,20-21,24-25,27-28H,5,9-12,14-19,22-23H2,1-4H3/t28-/m0/s1. The van der Waals surface area contributed by atoms with Crippen molar-refractivity contribution in [2.24, 2.45) is 0 Å². The molecule has 0 bridgehead atoms. The van der Waals surface area contributed by atoms with Gasteiger partial charge in [-0.1, -0.05) is 0 Å². The van der Waals surface area contributed by atoms with Gasteiger partial charge in [-0.05, 0) is 58.5 Å². The van der Waals surface area contributed by atoms with Gasteiger partial charge in [-0.15, -0.1) is 0 Å².